The van der Waals surface area contributed by atoms with E-state index in [0.29, 0.717) is 53.7 Å². The molecule has 7 aliphatic rings. The highest BCUT2D eigenvalue weighted by atomic mass is 32.2. The van der Waals surface area contributed by atoms with Crippen molar-refractivity contribution < 1.29 is 105 Å². The van der Waals surface area contributed by atoms with Gasteiger partial charge in [0.25, 0.3) is 27.8 Å². The van der Waals surface area contributed by atoms with Crippen LogP contribution in [-0.2, 0) is 79.2 Å². The lowest BCUT2D eigenvalue weighted by molar-refractivity contribution is -0.271. The topological polar surface area (TPSA) is 437 Å². The Morgan fingerprint density at radius 3 is 2.32 bits per heavy atom. The summed E-state index contributed by atoms with van der Waals surface area (Å²) in [5, 5.41) is 64.7. The highest BCUT2D eigenvalue weighted by Crippen LogP contribution is 2.72. The van der Waals surface area contributed by atoms with E-state index in [1.165, 1.54) is 34.4 Å². The third-order valence-electron chi connectivity index (χ3n) is 20.1. The Hall–Kier alpha value is -9.52. The number of aliphatic carboxylic acids is 1. The van der Waals surface area contributed by atoms with Gasteiger partial charge in [-0.15, -0.1) is 0 Å². The van der Waals surface area contributed by atoms with Crippen LogP contribution >= 0.6 is 11.3 Å². The first-order valence-corrected chi connectivity index (χ1v) is 36.6. The average molecular weight is 1490 g/mol. The number of aromatic carboxylic acids is 1. The van der Waals surface area contributed by atoms with Gasteiger partial charge < -0.3 is 74.4 Å². The minimum absolute atomic E-state index is 0.0414. The molecule has 0 radical (unpaired) electrons. The first-order chi connectivity index (χ1) is 49.9. The predicted molar refractivity (Wildman–Crippen MR) is 373 cm³/mol. The van der Waals surface area contributed by atoms with Gasteiger partial charge in [-0.2, -0.15) is 13.5 Å². The largest absolute Gasteiger partial charge is 0.491 e. The number of rotatable bonds is 30. The number of nitrogens with zero attached hydrogens (tertiary/aromatic N) is 7. The van der Waals surface area contributed by atoms with Gasteiger partial charge in [0, 0.05) is 98.9 Å². The Balaban J connectivity index is 0.658. The SMILES string of the molecule is Cc1c(-c2ccc(N3CCc4cccc(C(=O)Nc5nc6ccccc6s5)c4C3)nc2C(=O)O)cnn1CC12CC3(C)CC(C)(C1)CC(OCCN(C)C(=O)OCc1ccc(O[C@@H]4O[C@H](C(=O)O)[C@H](O)[C@H](O)[C@@H]4O)cc1OCCOCCNC(=O)[C@H](CS(=O)(=O)O)NC(=O)CCN1C(=O)C=CC1=O)(C3)C2. The Kier molecular flexibility index (Phi) is 21.8. The van der Waals surface area contributed by atoms with Crippen molar-refractivity contribution in [1.82, 2.24) is 40.2 Å². The van der Waals surface area contributed by atoms with E-state index in [9.17, 15) is 76.9 Å². The number of aromatic nitrogens is 4. The van der Waals surface area contributed by atoms with Gasteiger partial charge >= 0.3 is 18.0 Å². The van der Waals surface area contributed by atoms with Gasteiger partial charge in [-0.25, -0.2) is 24.4 Å². The van der Waals surface area contributed by atoms with Crippen LogP contribution < -0.4 is 30.3 Å². The van der Waals surface area contributed by atoms with Crippen LogP contribution in [0.15, 0.2) is 91.1 Å². The van der Waals surface area contributed by atoms with Crippen molar-refractivity contribution in [3.05, 3.63) is 125 Å². The number of likely N-dealkylation sites (N-methyl/N-ethyl adjacent to an activating group) is 1. The smallest absolute Gasteiger partial charge is 0.409 e. The summed E-state index contributed by atoms with van der Waals surface area (Å²) in [6.07, 6.45) is -1.25. The van der Waals surface area contributed by atoms with Crippen LogP contribution in [0.1, 0.15) is 102 Å². The Morgan fingerprint density at radius 2 is 1.60 bits per heavy atom. The van der Waals surface area contributed by atoms with E-state index in [-0.39, 0.29) is 97.6 Å². The van der Waals surface area contributed by atoms with Crippen LogP contribution in [0, 0.1) is 23.2 Å². The summed E-state index contributed by atoms with van der Waals surface area (Å²) in [4.78, 5) is 116. The van der Waals surface area contributed by atoms with Crippen LogP contribution in [0.5, 0.6) is 11.5 Å². The van der Waals surface area contributed by atoms with Crippen LogP contribution in [0.3, 0.4) is 0 Å². The number of carboxylic acids is 2. The number of carbonyl (C=O) groups excluding carboxylic acids is 6. The quantitative estimate of drug-likeness (QED) is 0.0173. The van der Waals surface area contributed by atoms with Crippen molar-refractivity contribution in [2.75, 3.05) is 75.6 Å². The first-order valence-electron chi connectivity index (χ1n) is 34.2. The zero-order chi connectivity index (χ0) is 74.9. The number of ether oxygens (including phenoxy) is 6. The second-order valence-electron chi connectivity index (χ2n) is 28.6. The monoisotopic (exact) mass is 1490 g/mol. The van der Waals surface area contributed by atoms with Gasteiger partial charge in [0.1, 0.15) is 60.6 Å². The van der Waals surface area contributed by atoms with Gasteiger partial charge in [0.05, 0.1) is 41.8 Å². The normalized spacial score (nSPS) is 24.9. The fourth-order valence-electron chi connectivity index (χ4n) is 16.5. The minimum atomic E-state index is -4.80. The number of aliphatic hydroxyl groups excluding tert-OH is 3. The summed E-state index contributed by atoms with van der Waals surface area (Å²) in [7, 11) is -3.23. The predicted octanol–water partition coefficient (Wildman–Crippen LogP) is 4.25. The van der Waals surface area contributed by atoms with Crippen molar-refractivity contribution >= 4 is 90.2 Å². The van der Waals surface area contributed by atoms with Crippen molar-refractivity contribution in [2.45, 2.75) is 134 Å². The van der Waals surface area contributed by atoms with E-state index in [4.69, 9.17) is 38.5 Å². The molecular weight excluding hydrogens is 1410 g/mol. The molecule has 0 spiro atoms. The summed E-state index contributed by atoms with van der Waals surface area (Å²) >= 11 is 1.40. The zero-order valence-corrected chi connectivity index (χ0v) is 59.6. The molecule has 13 rings (SSSR count). The molecule has 8 atom stereocenters. The van der Waals surface area contributed by atoms with Crippen molar-refractivity contribution in [3.63, 3.8) is 0 Å². The molecule has 6 heterocycles. The number of amides is 6. The van der Waals surface area contributed by atoms with Gasteiger partial charge in [0.2, 0.25) is 18.1 Å². The number of hydrogen-bond acceptors (Lipinski definition) is 24. The van der Waals surface area contributed by atoms with Crippen LogP contribution in [0.4, 0.5) is 15.7 Å². The van der Waals surface area contributed by atoms with Crippen molar-refractivity contribution in [3.8, 4) is 22.6 Å². The highest BCUT2D eigenvalue weighted by molar-refractivity contribution is 7.85. The average Bonchev–Trinajstić information content (AvgIpc) is 1.60. The number of nitrogens with one attached hydrogen (secondary N) is 3. The third-order valence-corrected chi connectivity index (χ3v) is 21.8. The molecule has 105 heavy (non-hydrogen) atoms. The molecule has 3 aromatic carbocycles. The maximum atomic E-state index is 13.8. The van der Waals surface area contributed by atoms with Crippen molar-refractivity contribution in [1.29, 1.82) is 0 Å². The number of carbonyl (C=O) groups is 8. The number of aliphatic hydroxyl groups is 3. The van der Waals surface area contributed by atoms with E-state index < -0.39 is 106 Å². The molecule has 3 aromatic heterocycles. The fraction of sp³-hybridized carbons (Fsp3) is 0.479. The molecule has 5 fully saturated rings. The molecule has 560 valence electrons. The molecule has 2 unspecified atom stereocenters. The Labute approximate surface area is 606 Å². The molecule has 3 aliphatic heterocycles. The number of anilines is 2. The molecular formula is C71H82N10O22S2. The molecule has 6 aromatic rings. The summed E-state index contributed by atoms with van der Waals surface area (Å²) in [5.74, 6) is -7.09. The number of thiazole rings is 1. The van der Waals surface area contributed by atoms with Crippen LogP contribution in [0.25, 0.3) is 21.3 Å². The van der Waals surface area contributed by atoms with E-state index in [2.05, 4.69) is 34.8 Å². The second-order valence-corrected chi connectivity index (χ2v) is 31.1. The molecule has 4 aliphatic carbocycles. The minimum Gasteiger partial charge on any atom is -0.491 e. The zero-order valence-electron chi connectivity index (χ0n) is 57.9. The lowest BCUT2D eigenvalue weighted by atomic mass is 9.39. The third kappa shape index (κ3) is 17.1. The standard InChI is InChI=1S/C71H82N10O22S2/c1-40-46(44-14-15-52(76-56(44)63(90)91)79-21-18-41-8-7-9-45(47(41)30-79)61(88)77-66-75-48-10-5-6-11-51(48)104-66)29-73-81(40)39-70-34-68(2)33-69(3,35-70)37-71(36-68,38-70)101-25-23-78(4)67(94)100-31-42-12-13-43(102-65-59(87)57(85)58(86)60(103-65)64(92)93)28-50(42)99-27-26-98-24-20-72-62(89)49(32-105(95,96)97)74-53(82)19-22-80-54(83)16-17-55(80)84/h5-17,28-29,49,57-60,65,85-87H,18-27,30-39H2,1-4H3,(H,72,89)(H,74,82)(H,90,91)(H,92,93)(H,75,77,88)(H,95,96,97)/t49-,57-,58+,59-,60-,65+,68?,69?,70?,71?/m0/s1. The number of benzene rings is 3. The first kappa shape index (κ1) is 75.2. The molecule has 6 amide bonds. The summed E-state index contributed by atoms with van der Waals surface area (Å²) in [6, 6.07) is 19.3. The van der Waals surface area contributed by atoms with E-state index >= 15 is 0 Å². The summed E-state index contributed by atoms with van der Waals surface area (Å²) in [6.45, 7) is 6.84. The molecule has 4 saturated carbocycles. The highest BCUT2D eigenvalue weighted by Gasteiger charge is 2.66. The maximum absolute atomic E-state index is 13.8. The summed E-state index contributed by atoms with van der Waals surface area (Å²) in [5.41, 5.74) is 4.26. The number of carboxylic acid groups (broad SMARTS) is 2. The van der Waals surface area contributed by atoms with Gasteiger partial charge in [-0.05, 0) is 122 Å². The van der Waals surface area contributed by atoms with Crippen LogP contribution in [0.2, 0.25) is 0 Å². The maximum Gasteiger partial charge on any atom is 0.409 e. The number of para-hydroxylation sites is 1. The number of imide groups is 1. The molecule has 32 nitrogen and oxygen atoms in total. The van der Waals surface area contributed by atoms with Crippen LogP contribution in [-0.4, -0.2) is 223 Å². The Morgan fingerprint density at radius 1 is 0.848 bits per heavy atom. The number of hydrogen-bond donors (Lipinski definition) is 9. The van der Waals surface area contributed by atoms with E-state index in [1.807, 2.05) is 59.0 Å². The number of pyridine rings is 1. The molecule has 34 heteroatoms. The molecule has 9 N–H and O–H groups in total. The van der Waals surface area contributed by atoms with Gasteiger partial charge in [0.15, 0.2) is 16.9 Å². The lowest BCUT2D eigenvalue weighted by Crippen LogP contribution is -2.64. The number of fused-ring (bicyclic) bond motifs is 2. The van der Waals surface area contributed by atoms with Crippen molar-refractivity contribution in [2.24, 2.45) is 16.2 Å². The summed E-state index contributed by atoms with van der Waals surface area (Å²) < 4.78 is 71.4. The lowest BCUT2D eigenvalue weighted by Gasteiger charge is -2.69. The fourth-order valence-corrected chi connectivity index (χ4v) is 18.0. The Bertz CT molecular complexity index is 4460. The molecule has 1 saturated heterocycles. The molecule has 4 bridgehead atoms. The second kappa shape index (κ2) is 30.5. The van der Waals surface area contributed by atoms with Gasteiger partial charge in [-0.3, -0.25) is 43.4 Å². The van der Waals surface area contributed by atoms with E-state index in [0.717, 1.165) is 82.6 Å². The van der Waals surface area contributed by atoms with Gasteiger partial charge in [-0.1, -0.05) is 49.4 Å². The van der Waals surface area contributed by atoms with E-state index in [1.54, 1.807) is 25.4 Å².